The summed E-state index contributed by atoms with van der Waals surface area (Å²) in [6.45, 7) is 1.97. The first-order valence-electron chi connectivity index (χ1n) is 11.7. The first-order chi connectivity index (χ1) is 18.3. The summed E-state index contributed by atoms with van der Waals surface area (Å²) in [5, 5.41) is 43.3. The van der Waals surface area contributed by atoms with Crippen molar-refractivity contribution in [2.24, 2.45) is 0 Å². The van der Waals surface area contributed by atoms with Crippen molar-refractivity contribution >= 4 is 17.9 Å². The molecule has 215 valence electrons. The number of carboxylic acid groups (broad SMARTS) is 3. The Morgan fingerprint density at radius 2 is 0.775 bits per heavy atom. The Hall–Kier alpha value is -3.93. The second-order valence-electron chi connectivity index (χ2n) is 8.60. The van der Waals surface area contributed by atoms with Crippen LogP contribution < -0.4 is 0 Å². The third kappa shape index (κ3) is 14.9. The molecule has 0 aromatic heterocycles. The molecule has 0 bridgehead atoms. The second kappa shape index (κ2) is 18.4. The number of phenolic OH excluding ortho intramolecular Hbond substituents is 2. The number of rotatable bonds is 9. The number of aromatic hydroxyl groups is 2. The third-order valence-electron chi connectivity index (χ3n) is 5.21. The van der Waals surface area contributed by atoms with Gasteiger partial charge in [-0.25, -0.2) is 0 Å². The maximum Gasteiger partial charge on any atom is 3.00 e. The van der Waals surface area contributed by atoms with Crippen molar-refractivity contribution in [1.82, 2.24) is 0 Å². The Labute approximate surface area is 242 Å². The van der Waals surface area contributed by atoms with Gasteiger partial charge >= 0.3 is 17.1 Å². The Morgan fingerprint density at radius 3 is 1.00 bits per heavy atom. The van der Waals surface area contributed by atoms with Crippen LogP contribution in [0.1, 0.15) is 22.3 Å². The standard InChI is InChI=1S/C10H12NO2.2C9H10NO3.Fe/c1-7-2-4-8(5-3-7)6-9(11)10(12)13;2*10-8(9(12)13)5-6-1-3-7(11)4-2-6;/h2-5,9,11H,6H2,1H3,(H,12,13);2*1-4,8,10-11H,5H2,(H,12,13);/q3*-1;+3. The van der Waals surface area contributed by atoms with E-state index in [9.17, 15) is 14.4 Å². The maximum absolute atomic E-state index is 10.4. The third-order valence-corrected chi connectivity index (χ3v) is 5.21. The van der Waals surface area contributed by atoms with Gasteiger partial charge in [-0.2, -0.15) is 0 Å². The molecule has 8 N–H and O–H groups in total. The molecule has 0 saturated carbocycles. The van der Waals surface area contributed by atoms with Crippen LogP contribution in [0, 0.1) is 6.92 Å². The summed E-state index contributed by atoms with van der Waals surface area (Å²) < 4.78 is 0. The number of carbonyl (C=O) groups is 3. The van der Waals surface area contributed by atoms with Gasteiger partial charge in [-0.15, -0.1) is 0 Å². The fourth-order valence-corrected chi connectivity index (χ4v) is 2.96. The van der Waals surface area contributed by atoms with Gasteiger partial charge in [0.15, 0.2) is 0 Å². The first kappa shape index (κ1) is 36.1. The Balaban J connectivity index is 0.000000563. The van der Waals surface area contributed by atoms with Crippen LogP contribution in [0.4, 0.5) is 0 Å². The van der Waals surface area contributed by atoms with Crippen molar-refractivity contribution in [1.29, 1.82) is 0 Å². The number of aliphatic carboxylic acids is 3. The average molecular weight is 594 g/mol. The minimum atomic E-state index is -1.13. The van der Waals surface area contributed by atoms with E-state index in [2.05, 4.69) is 0 Å². The summed E-state index contributed by atoms with van der Waals surface area (Å²) in [4.78, 5) is 31.1. The van der Waals surface area contributed by atoms with E-state index in [-0.39, 0.29) is 47.8 Å². The van der Waals surface area contributed by atoms with Crippen molar-refractivity contribution in [2.75, 3.05) is 0 Å². The van der Waals surface area contributed by atoms with E-state index in [1.165, 1.54) is 24.3 Å². The van der Waals surface area contributed by atoms with Crippen molar-refractivity contribution in [3.8, 4) is 11.5 Å². The number of carboxylic acids is 3. The molecule has 1 radical (unpaired) electrons. The van der Waals surface area contributed by atoms with E-state index >= 15 is 0 Å². The minimum Gasteiger partial charge on any atom is -0.665 e. The van der Waals surface area contributed by atoms with Gasteiger partial charge in [-0.1, -0.05) is 54.1 Å². The Bertz CT molecular complexity index is 1040. The largest absolute Gasteiger partial charge is 3.00 e. The molecule has 0 aliphatic rings. The van der Waals surface area contributed by atoms with Gasteiger partial charge in [0.1, 0.15) is 11.5 Å². The van der Waals surface area contributed by atoms with Crippen molar-refractivity contribution in [3.05, 3.63) is 112 Å². The Kier molecular flexibility index (Phi) is 16.6. The maximum atomic E-state index is 10.4. The summed E-state index contributed by atoms with van der Waals surface area (Å²) in [7, 11) is 0. The van der Waals surface area contributed by atoms with Gasteiger partial charge in [0.2, 0.25) is 0 Å². The van der Waals surface area contributed by atoms with Gasteiger partial charge in [0.05, 0.1) is 0 Å². The molecule has 3 aromatic carbocycles. The van der Waals surface area contributed by atoms with Crippen LogP contribution in [-0.2, 0) is 50.7 Å². The molecular formula is C28H32FeN3O8. The van der Waals surface area contributed by atoms with E-state index in [1.807, 2.05) is 31.2 Å². The molecule has 0 saturated heterocycles. The molecule has 0 heterocycles. The van der Waals surface area contributed by atoms with Gasteiger partial charge in [0, 0.05) is 0 Å². The van der Waals surface area contributed by atoms with E-state index in [0.29, 0.717) is 0 Å². The SMILES string of the molecule is Cc1ccc(CC([NH-])C(=O)O)cc1.[Fe+3].[NH-]C(Cc1ccc(O)cc1)C(=O)O.[NH-]C(Cc1ccc(O)cc1)C(=O)O. The van der Waals surface area contributed by atoms with Crippen molar-refractivity contribution in [2.45, 2.75) is 44.3 Å². The molecule has 11 nitrogen and oxygen atoms in total. The molecule has 3 rings (SSSR count). The van der Waals surface area contributed by atoms with Crippen molar-refractivity contribution in [3.63, 3.8) is 0 Å². The fourth-order valence-electron chi connectivity index (χ4n) is 2.96. The zero-order valence-electron chi connectivity index (χ0n) is 21.6. The van der Waals surface area contributed by atoms with Crippen LogP contribution in [0.25, 0.3) is 17.2 Å². The summed E-state index contributed by atoms with van der Waals surface area (Å²) in [5.74, 6) is -3.05. The van der Waals surface area contributed by atoms with E-state index in [4.69, 9.17) is 42.7 Å². The predicted octanol–water partition coefficient (Wildman–Crippen LogP) is 4.92. The number of hydrogen-bond acceptors (Lipinski definition) is 5. The molecule has 0 aliphatic heterocycles. The smallest absolute Gasteiger partial charge is 0.665 e. The molecule has 3 aromatic rings. The summed E-state index contributed by atoms with van der Waals surface area (Å²) in [6.07, 6.45) is 0.598. The summed E-state index contributed by atoms with van der Waals surface area (Å²) >= 11 is 0. The monoisotopic (exact) mass is 594 g/mol. The van der Waals surface area contributed by atoms with Crippen LogP contribution in [0.5, 0.6) is 11.5 Å². The van der Waals surface area contributed by atoms with Crippen molar-refractivity contribution < 1.29 is 57.0 Å². The minimum absolute atomic E-state index is 0. The molecule has 0 spiro atoms. The molecular weight excluding hydrogens is 562 g/mol. The van der Waals surface area contributed by atoms with Crippen LogP contribution in [0.3, 0.4) is 0 Å². The van der Waals surface area contributed by atoms with Gasteiger partial charge < -0.3 is 42.7 Å². The van der Waals surface area contributed by atoms with E-state index < -0.39 is 36.0 Å². The topological polar surface area (TPSA) is 224 Å². The van der Waals surface area contributed by atoms with E-state index in [1.54, 1.807) is 24.3 Å². The summed E-state index contributed by atoms with van der Waals surface area (Å²) in [5.41, 5.74) is 25.0. The second-order valence-corrected chi connectivity index (χ2v) is 8.60. The quantitative estimate of drug-likeness (QED) is 0.213. The van der Waals surface area contributed by atoms with Crippen LogP contribution in [-0.4, -0.2) is 61.6 Å². The van der Waals surface area contributed by atoms with Crippen LogP contribution in [0.2, 0.25) is 0 Å². The van der Waals surface area contributed by atoms with Gasteiger partial charge in [-0.3, -0.25) is 14.4 Å². The molecule has 40 heavy (non-hydrogen) atoms. The number of phenols is 2. The van der Waals surface area contributed by atoms with Gasteiger partial charge in [0.25, 0.3) is 17.9 Å². The molecule has 3 unspecified atom stereocenters. The van der Waals surface area contributed by atoms with Crippen LogP contribution >= 0.6 is 0 Å². The van der Waals surface area contributed by atoms with Crippen LogP contribution in [0.15, 0.2) is 72.8 Å². The fraction of sp³-hybridized carbons (Fsp3) is 0.250. The molecule has 0 fully saturated rings. The average Bonchev–Trinajstić information content (AvgIpc) is 2.88. The molecule has 12 heteroatoms. The number of benzene rings is 3. The zero-order chi connectivity index (χ0) is 29.5. The number of hydrogen-bond donors (Lipinski definition) is 5. The molecule has 0 amide bonds. The molecule has 0 aliphatic carbocycles. The van der Waals surface area contributed by atoms with Gasteiger partial charge in [-0.05, 0) is 85.3 Å². The molecule has 3 atom stereocenters. The number of nitrogens with one attached hydrogen (secondary N) is 3. The Morgan fingerprint density at radius 1 is 0.550 bits per heavy atom. The predicted molar refractivity (Wildman–Crippen MR) is 146 cm³/mol. The summed E-state index contributed by atoms with van der Waals surface area (Å²) in [6, 6.07) is 16.6. The normalized spacial score (nSPS) is 12.1. The van der Waals surface area contributed by atoms with E-state index in [0.717, 1.165) is 22.3 Å². The number of aryl methyl sites for hydroxylation is 1. The first-order valence-corrected chi connectivity index (χ1v) is 11.7. The zero-order valence-corrected chi connectivity index (χ0v) is 22.7.